The van der Waals surface area contributed by atoms with E-state index in [1.165, 1.54) is 19.2 Å². The summed E-state index contributed by atoms with van der Waals surface area (Å²) in [5, 5.41) is 16.9. The van der Waals surface area contributed by atoms with Gasteiger partial charge in [0, 0.05) is 24.3 Å². The predicted molar refractivity (Wildman–Crippen MR) is 109 cm³/mol. The first-order valence-corrected chi connectivity index (χ1v) is 9.19. The van der Waals surface area contributed by atoms with E-state index in [0.717, 1.165) is 12.1 Å². The Morgan fingerprint density at radius 1 is 1.24 bits per heavy atom. The molecule has 1 atom stereocenters. The summed E-state index contributed by atoms with van der Waals surface area (Å²) in [7, 11) is 1.41. The Balaban J connectivity index is 1.65. The minimum atomic E-state index is -0.643. The topological polar surface area (TPSA) is 114 Å². The first kappa shape index (κ1) is 20.1. The Hall–Kier alpha value is -3.62. The molecule has 0 unspecified atom stereocenters. The van der Waals surface area contributed by atoms with Crippen LogP contribution in [-0.4, -0.2) is 36.4 Å². The van der Waals surface area contributed by atoms with Crippen LogP contribution in [0.15, 0.2) is 42.5 Å². The standard InChI is InChI=1S/C20H22N4O5/c1-13(20(26)22-17-10-9-16(29-2)12-18(17)24(27)28)21-14-5-7-15(8-6-14)23-11-3-4-19(23)25/h5-10,12-13,21H,3-4,11H2,1-2H3,(H,22,26)/t13-/m0/s1. The maximum atomic E-state index is 12.5. The molecule has 9 nitrogen and oxygen atoms in total. The highest BCUT2D eigenvalue weighted by molar-refractivity contribution is 5.98. The zero-order chi connectivity index (χ0) is 21.0. The van der Waals surface area contributed by atoms with Gasteiger partial charge in [0.1, 0.15) is 17.5 Å². The Morgan fingerprint density at radius 2 is 1.97 bits per heavy atom. The van der Waals surface area contributed by atoms with Gasteiger partial charge in [-0.05, 0) is 49.7 Å². The molecule has 0 saturated carbocycles. The van der Waals surface area contributed by atoms with Crippen LogP contribution in [-0.2, 0) is 9.59 Å². The molecule has 1 aliphatic rings. The van der Waals surface area contributed by atoms with Crippen LogP contribution in [0.25, 0.3) is 0 Å². The van der Waals surface area contributed by atoms with E-state index in [-0.39, 0.29) is 17.3 Å². The molecule has 2 aromatic carbocycles. The highest BCUT2D eigenvalue weighted by atomic mass is 16.6. The number of hydrogen-bond acceptors (Lipinski definition) is 6. The van der Waals surface area contributed by atoms with Crippen molar-refractivity contribution in [3.8, 4) is 5.75 Å². The van der Waals surface area contributed by atoms with Gasteiger partial charge in [0.05, 0.1) is 18.1 Å². The lowest BCUT2D eigenvalue weighted by atomic mass is 10.2. The van der Waals surface area contributed by atoms with Crippen molar-refractivity contribution in [1.82, 2.24) is 0 Å². The molecular formula is C20H22N4O5. The first-order chi connectivity index (χ1) is 13.9. The lowest BCUT2D eigenvalue weighted by molar-refractivity contribution is -0.384. The van der Waals surface area contributed by atoms with Crippen molar-refractivity contribution >= 4 is 34.6 Å². The number of hydrogen-bond donors (Lipinski definition) is 2. The van der Waals surface area contributed by atoms with Gasteiger partial charge in [-0.25, -0.2) is 0 Å². The van der Waals surface area contributed by atoms with Crippen molar-refractivity contribution < 1.29 is 19.2 Å². The van der Waals surface area contributed by atoms with E-state index in [9.17, 15) is 19.7 Å². The van der Waals surface area contributed by atoms with Crippen molar-refractivity contribution in [2.24, 2.45) is 0 Å². The first-order valence-electron chi connectivity index (χ1n) is 9.19. The Morgan fingerprint density at radius 3 is 2.55 bits per heavy atom. The third-order valence-corrected chi connectivity index (χ3v) is 4.69. The van der Waals surface area contributed by atoms with Crippen molar-refractivity contribution in [2.45, 2.75) is 25.8 Å². The van der Waals surface area contributed by atoms with Gasteiger partial charge in [-0.2, -0.15) is 0 Å². The summed E-state index contributed by atoms with van der Waals surface area (Å²) in [5.74, 6) is 0.0223. The highest BCUT2D eigenvalue weighted by Crippen LogP contribution is 2.29. The van der Waals surface area contributed by atoms with Gasteiger partial charge in [0.2, 0.25) is 11.8 Å². The van der Waals surface area contributed by atoms with E-state index in [0.29, 0.717) is 24.4 Å². The number of nitrogens with zero attached hydrogens (tertiary/aromatic N) is 2. The fourth-order valence-corrected chi connectivity index (χ4v) is 3.11. The van der Waals surface area contributed by atoms with E-state index in [1.807, 2.05) is 12.1 Å². The van der Waals surface area contributed by atoms with Crippen molar-refractivity contribution in [1.29, 1.82) is 0 Å². The maximum Gasteiger partial charge on any atom is 0.296 e. The van der Waals surface area contributed by atoms with Gasteiger partial charge in [-0.15, -0.1) is 0 Å². The van der Waals surface area contributed by atoms with Crippen molar-refractivity contribution in [3.05, 3.63) is 52.6 Å². The zero-order valence-electron chi connectivity index (χ0n) is 16.2. The summed E-state index contributed by atoms with van der Waals surface area (Å²) < 4.78 is 4.99. The number of ether oxygens (including phenoxy) is 1. The number of rotatable bonds is 7. The molecule has 2 amide bonds. The molecule has 9 heteroatoms. The normalized spacial score (nSPS) is 14.4. The van der Waals surface area contributed by atoms with Crippen LogP contribution in [0.2, 0.25) is 0 Å². The van der Waals surface area contributed by atoms with Crippen LogP contribution < -0.4 is 20.3 Å². The molecule has 0 aromatic heterocycles. The van der Waals surface area contributed by atoms with Gasteiger partial charge in [0.25, 0.3) is 5.69 Å². The number of benzene rings is 2. The zero-order valence-corrected chi connectivity index (χ0v) is 16.2. The van der Waals surface area contributed by atoms with Crippen LogP contribution in [0.3, 0.4) is 0 Å². The number of amides is 2. The Kier molecular flexibility index (Phi) is 5.96. The summed E-state index contributed by atoms with van der Waals surface area (Å²) in [6, 6.07) is 10.8. The summed E-state index contributed by atoms with van der Waals surface area (Å²) in [6.07, 6.45) is 1.42. The molecule has 0 radical (unpaired) electrons. The number of carbonyl (C=O) groups excluding carboxylic acids is 2. The molecule has 1 heterocycles. The molecule has 0 bridgehead atoms. The second-order valence-corrected chi connectivity index (χ2v) is 6.69. The minimum Gasteiger partial charge on any atom is -0.496 e. The maximum absolute atomic E-state index is 12.5. The van der Waals surface area contributed by atoms with E-state index in [2.05, 4.69) is 10.6 Å². The van der Waals surface area contributed by atoms with Gasteiger partial charge in [-0.3, -0.25) is 19.7 Å². The molecule has 1 aliphatic heterocycles. The van der Waals surface area contributed by atoms with Crippen molar-refractivity contribution in [2.75, 3.05) is 29.2 Å². The molecule has 0 aliphatic carbocycles. The second-order valence-electron chi connectivity index (χ2n) is 6.69. The minimum absolute atomic E-state index is 0.0948. The fourth-order valence-electron chi connectivity index (χ4n) is 3.11. The number of anilines is 3. The number of nitro benzene ring substituents is 1. The van der Waals surface area contributed by atoms with Crippen LogP contribution in [0.5, 0.6) is 5.75 Å². The van der Waals surface area contributed by atoms with Gasteiger partial charge >= 0.3 is 0 Å². The van der Waals surface area contributed by atoms with E-state index in [1.54, 1.807) is 30.0 Å². The number of nitro groups is 1. The second kappa shape index (κ2) is 8.59. The van der Waals surface area contributed by atoms with Crippen LogP contribution >= 0.6 is 0 Å². The predicted octanol–water partition coefficient (Wildman–Crippen LogP) is 3.17. The van der Waals surface area contributed by atoms with Gasteiger partial charge < -0.3 is 20.3 Å². The summed E-state index contributed by atoms with van der Waals surface area (Å²) in [6.45, 7) is 2.37. The summed E-state index contributed by atoms with van der Waals surface area (Å²) >= 11 is 0. The molecule has 1 saturated heterocycles. The molecule has 0 spiro atoms. The lowest BCUT2D eigenvalue weighted by Crippen LogP contribution is -2.32. The summed E-state index contributed by atoms with van der Waals surface area (Å²) in [4.78, 5) is 36.7. The van der Waals surface area contributed by atoms with Crippen LogP contribution in [0.4, 0.5) is 22.7 Å². The Labute approximate surface area is 167 Å². The largest absolute Gasteiger partial charge is 0.496 e. The SMILES string of the molecule is COc1ccc(NC(=O)[C@H](C)Nc2ccc(N3CCCC3=O)cc2)c([N+](=O)[O-])c1. The number of nitrogens with one attached hydrogen (secondary N) is 2. The molecule has 2 N–H and O–H groups in total. The van der Waals surface area contributed by atoms with Gasteiger partial charge in [0.15, 0.2) is 0 Å². The quantitative estimate of drug-likeness (QED) is 0.547. The third kappa shape index (κ3) is 4.63. The van der Waals surface area contributed by atoms with Crippen LogP contribution in [0.1, 0.15) is 19.8 Å². The van der Waals surface area contributed by atoms with E-state index >= 15 is 0 Å². The monoisotopic (exact) mass is 398 g/mol. The van der Waals surface area contributed by atoms with Crippen LogP contribution in [0, 0.1) is 10.1 Å². The number of methoxy groups -OCH3 is 1. The van der Waals surface area contributed by atoms with Crippen molar-refractivity contribution in [3.63, 3.8) is 0 Å². The van der Waals surface area contributed by atoms with E-state index < -0.39 is 16.9 Å². The average molecular weight is 398 g/mol. The molecule has 3 rings (SSSR count). The highest BCUT2D eigenvalue weighted by Gasteiger charge is 2.22. The molecular weight excluding hydrogens is 376 g/mol. The fraction of sp³-hybridized carbons (Fsp3) is 0.300. The molecule has 2 aromatic rings. The average Bonchev–Trinajstić information content (AvgIpc) is 3.14. The summed E-state index contributed by atoms with van der Waals surface area (Å²) in [5.41, 5.74) is 1.37. The molecule has 1 fully saturated rings. The third-order valence-electron chi connectivity index (χ3n) is 4.69. The molecule has 152 valence electrons. The lowest BCUT2D eigenvalue weighted by Gasteiger charge is -2.18. The van der Waals surface area contributed by atoms with Gasteiger partial charge in [-0.1, -0.05) is 0 Å². The molecule has 29 heavy (non-hydrogen) atoms. The Bertz CT molecular complexity index is 929. The number of carbonyl (C=O) groups is 2. The van der Waals surface area contributed by atoms with E-state index in [4.69, 9.17) is 4.74 Å². The smallest absolute Gasteiger partial charge is 0.296 e.